The Hall–Kier alpha value is -1.71. The van der Waals surface area contributed by atoms with Crippen molar-refractivity contribution in [3.63, 3.8) is 0 Å². The fourth-order valence-corrected chi connectivity index (χ4v) is 1.79. The third kappa shape index (κ3) is 4.66. The zero-order valence-corrected chi connectivity index (χ0v) is 13.7. The second-order valence-electron chi connectivity index (χ2n) is 6.14. The molecule has 1 rings (SSSR count). The second kappa shape index (κ2) is 6.83. The van der Waals surface area contributed by atoms with Crippen molar-refractivity contribution in [3.05, 3.63) is 29.6 Å². The van der Waals surface area contributed by atoms with Crippen LogP contribution < -0.4 is 0 Å². The van der Waals surface area contributed by atoms with Gasteiger partial charge < -0.3 is 4.74 Å². The van der Waals surface area contributed by atoms with E-state index in [0.29, 0.717) is 12.3 Å². The summed E-state index contributed by atoms with van der Waals surface area (Å²) in [6.07, 6.45) is 0. The summed E-state index contributed by atoms with van der Waals surface area (Å²) in [5.74, 6) is -1.20. The molecule has 0 aliphatic carbocycles. The third-order valence-corrected chi connectivity index (χ3v) is 3.38. The maximum Gasteiger partial charge on any atom is 0.314 e. The minimum absolute atomic E-state index is 0.115. The number of hydrogen-bond donors (Lipinski definition) is 0. The number of halogens is 1. The number of esters is 1. The van der Waals surface area contributed by atoms with Crippen LogP contribution in [0, 0.1) is 11.7 Å². The zero-order valence-electron chi connectivity index (χ0n) is 13.7. The van der Waals surface area contributed by atoms with Gasteiger partial charge in [0, 0.05) is 5.71 Å². The lowest BCUT2D eigenvalue weighted by Gasteiger charge is -2.19. The predicted octanol–water partition coefficient (Wildman–Crippen LogP) is 4.41. The molecule has 1 aromatic carbocycles. The first kappa shape index (κ1) is 17.3. The Bertz CT molecular complexity index is 544. The lowest BCUT2D eigenvalue weighted by atomic mass is 9.87. The molecule has 0 saturated carbocycles. The van der Waals surface area contributed by atoms with E-state index in [1.54, 1.807) is 26.8 Å². The van der Waals surface area contributed by atoms with Gasteiger partial charge in [-0.2, -0.15) is 0 Å². The lowest BCUT2D eigenvalue weighted by molar-refractivity contribution is -0.145. The highest BCUT2D eigenvalue weighted by molar-refractivity contribution is 6.01. The standard InChI is InChI=1S/C17H24FNO2/c1-7-21-16(20)11(2)12(3)19-15-9-8-13(10-14(15)18)17(4,5)6/h8-11H,7H2,1-6H3. The summed E-state index contributed by atoms with van der Waals surface area (Å²) >= 11 is 0. The quantitative estimate of drug-likeness (QED) is 0.609. The van der Waals surface area contributed by atoms with E-state index in [4.69, 9.17) is 4.74 Å². The molecule has 0 bridgehead atoms. The topological polar surface area (TPSA) is 38.7 Å². The van der Waals surface area contributed by atoms with Crippen LogP contribution in [-0.4, -0.2) is 18.3 Å². The molecule has 0 spiro atoms. The summed E-state index contributed by atoms with van der Waals surface area (Å²) in [4.78, 5) is 15.9. The van der Waals surface area contributed by atoms with E-state index in [2.05, 4.69) is 4.99 Å². The summed E-state index contributed by atoms with van der Waals surface area (Å²) in [6.45, 7) is 11.6. The molecule has 0 heterocycles. The molecule has 0 radical (unpaired) electrons. The van der Waals surface area contributed by atoms with Crippen LogP contribution in [0.15, 0.2) is 23.2 Å². The normalized spacial score (nSPS) is 14.0. The molecule has 0 aliphatic heterocycles. The molecule has 3 nitrogen and oxygen atoms in total. The Balaban J connectivity index is 3.02. The molecule has 1 unspecified atom stereocenters. The number of benzene rings is 1. The predicted molar refractivity (Wildman–Crippen MR) is 83.7 cm³/mol. The summed E-state index contributed by atoms with van der Waals surface area (Å²) in [5, 5.41) is 0. The second-order valence-corrected chi connectivity index (χ2v) is 6.14. The fourth-order valence-electron chi connectivity index (χ4n) is 1.79. The van der Waals surface area contributed by atoms with Crippen molar-refractivity contribution in [2.24, 2.45) is 10.9 Å². The summed E-state index contributed by atoms with van der Waals surface area (Å²) < 4.78 is 19.1. The SMILES string of the molecule is CCOC(=O)C(C)C(C)=Nc1ccc(C(C)(C)C)cc1F. The van der Waals surface area contributed by atoms with Gasteiger partial charge in [0.15, 0.2) is 0 Å². The van der Waals surface area contributed by atoms with Gasteiger partial charge in [0.2, 0.25) is 0 Å². The van der Waals surface area contributed by atoms with Crippen molar-refractivity contribution in [3.8, 4) is 0 Å². The smallest absolute Gasteiger partial charge is 0.314 e. The summed E-state index contributed by atoms with van der Waals surface area (Å²) in [5.41, 5.74) is 1.58. The van der Waals surface area contributed by atoms with E-state index in [9.17, 15) is 9.18 Å². The number of aliphatic imine (C=N–C) groups is 1. The van der Waals surface area contributed by atoms with Crippen molar-refractivity contribution >= 4 is 17.4 Å². The Kier molecular flexibility index (Phi) is 5.64. The van der Waals surface area contributed by atoms with Crippen LogP contribution in [0.5, 0.6) is 0 Å². The Morgan fingerprint density at radius 2 is 2.00 bits per heavy atom. The van der Waals surface area contributed by atoms with E-state index in [0.717, 1.165) is 5.56 Å². The molecule has 0 aromatic heterocycles. The largest absolute Gasteiger partial charge is 0.465 e. The van der Waals surface area contributed by atoms with Gasteiger partial charge in [-0.3, -0.25) is 9.79 Å². The average molecular weight is 293 g/mol. The highest BCUT2D eigenvalue weighted by Crippen LogP contribution is 2.27. The Labute approximate surface area is 126 Å². The van der Waals surface area contributed by atoms with Crippen LogP contribution >= 0.6 is 0 Å². The van der Waals surface area contributed by atoms with Gasteiger partial charge in [0.1, 0.15) is 5.82 Å². The molecule has 0 N–H and O–H groups in total. The first-order valence-corrected chi connectivity index (χ1v) is 7.18. The first-order valence-electron chi connectivity index (χ1n) is 7.18. The van der Waals surface area contributed by atoms with Crippen LogP contribution in [0.3, 0.4) is 0 Å². The van der Waals surface area contributed by atoms with Crippen LogP contribution in [0.1, 0.15) is 47.1 Å². The van der Waals surface area contributed by atoms with Crippen LogP contribution in [0.2, 0.25) is 0 Å². The minimum atomic E-state index is -0.480. The van der Waals surface area contributed by atoms with Crippen LogP contribution in [0.4, 0.5) is 10.1 Å². The molecular formula is C17H24FNO2. The van der Waals surface area contributed by atoms with Crippen LogP contribution in [-0.2, 0) is 14.9 Å². The molecule has 21 heavy (non-hydrogen) atoms. The molecule has 0 fully saturated rings. The maximum absolute atomic E-state index is 14.1. The molecule has 4 heteroatoms. The number of ether oxygens (including phenoxy) is 1. The molecule has 116 valence electrons. The molecule has 0 aliphatic rings. The zero-order chi connectivity index (χ0) is 16.2. The van der Waals surface area contributed by atoms with Crippen molar-refractivity contribution < 1.29 is 13.9 Å². The Morgan fingerprint density at radius 1 is 1.38 bits per heavy atom. The van der Waals surface area contributed by atoms with Gasteiger partial charge in [-0.25, -0.2) is 4.39 Å². The molecule has 0 amide bonds. The van der Waals surface area contributed by atoms with E-state index in [-0.39, 0.29) is 22.9 Å². The molecule has 0 saturated heterocycles. The van der Waals surface area contributed by atoms with Gasteiger partial charge >= 0.3 is 5.97 Å². The third-order valence-electron chi connectivity index (χ3n) is 3.38. The first-order chi connectivity index (χ1) is 9.66. The van der Waals surface area contributed by atoms with Crippen molar-refractivity contribution in [1.82, 2.24) is 0 Å². The van der Waals surface area contributed by atoms with E-state index in [1.165, 1.54) is 6.07 Å². The average Bonchev–Trinajstić information content (AvgIpc) is 2.39. The lowest BCUT2D eigenvalue weighted by Crippen LogP contribution is -2.21. The van der Waals surface area contributed by atoms with Gasteiger partial charge in [0.05, 0.1) is 18.2 Å². The van der Waals surface area contributed by atoms with Gasteiger partial charge in [0.25, 0.3) is 0 Å². The van der Waals surface area contributed by atoms with Gasteiger partial charge in [-0.05, 0) is 43.9 Å². The van der Waals surface area contributed by atoms with E-state index < -0.39 is 5.92 Å². The fraction of sp³-hybridized carbons (Fsp3) is 0.529. The van der Waals surface area contributed by atoms with Gasteiger partial charge in [-0.1, -0.05) is 26.8 Å². The maximum atomic E-state index is 14.1. The summed E-state index contributed by atoms with van der Waals surface area (Å²) in [6, 6.07) is 5.02. The van der Waals surface area contributed by atoms with E-state index >= 15 is 0 Å². The number of carbonyl (C=O) groups is 1. The monoisotopic (exact) mass is 293 g/mol. The number of carbonyl (C=O) groups excluding carboxylic acids is 1. The number of rotatable bonds is 4. The molecule has 1 atom stereocenters. The number of nitrogens with zero attached hydrogens (tertiary/aromatic N) is 1. The molecule has 1 aromatic rings. The highest BCUT2D eigenvalue weighted by Gasteiger charge is 2.19. The van der Waals surface area contributed by atoms with E-state index in [1.807, 2.05) is 26.8 Å². The minimum Gasteiger partial charge on any atom is -0.465 e. The highest BCUT2D eigenvalue weighted by atomic mass is 19.1. The van der Waals surface area contributed by atoms with Crippen LogP contribution in [0.25, 0.3) is 0 Å². The van der Waals surface area contributed by atoms with Crippen molar-refractivity contribution in [2.75, 3.05) is 6.61 Å². The summed E-state index contributed by atoms with van der Waals surface area (Å²) in [7, 11) is 0. The Morgan fingerprint density at radius 3 is 2.48 bits per heavy atom. The molecular weight excluding hydrogens is 269 g/mol. The van der Waals surface area contributed by atoms with Crippen molar-refractivity contribution in [1.29, 1.82) is 0 Å². The van der Waals surface area contributed by atoms with Crippen molar-refractivity contribution in [2.45, 2.75) is 47.0 Å². The number of hydrogen-bond acceptors (Lipinski definition) is 3. The van der Waals surface area contributed by atoms with Gasteiger partial charge in [-0.15, -0.1) is 0 Å².